The first-order chi connectivity index (χ1) is 15.5. The van der Waals surface area contributed by atoms with Crippen molar-refractivity contribution in [2.45, 2.75) is 19.3 Å². The molecule has 1 atom stereocenters. The molecule has 166 valence electrons. The molecule has 1 fully saturated rings. The molecule has 1 aliphatic heterocycles. The van der Waals surface area contributed by atoms with E-state index in [-0.39, 0.29) is 11.8 Å². The number of hydrogen-bond donors (Lipinski definition) is 1. The molecule has 1 N–H and O–H groups in total. The van der Waals surface area contributed by atoms with Crippen molar-refractivity contribution in [2.24, 2.45) is 5.41 Å². The molecule has 32 heavy (non-hydrogen) atoms. The maximum Gasteiger partial charge on any atom is 0.228 e. The van der Waals surface area contributed by atoms with E-state index in [1.54, 1.807) is 25.5 Å². The molecule has 6 heteroatoms. The fourth-order valence-corrected chi connectivity index (χ4v) is 5.13. The summed E-state index contributed by atoms with van der Waals surface area (Å²) in [6.45, 7) is 1.02. The van der Waals surface area contributed by atoms with Crippen LogP contribution in [0.15, 0.2) is 65.4 Å². The predicted molar refractivity (Wildman–Crippen MR) is 128 cm³/mol. The summed E-state index contributed by atoms with van der Waals surface area (Å²) in [7, 11) is 3.29. The number of amides is 2. The molecule has 0 bridgehead atoms. The van der Waals surface area contributed by atoms with Gasteiger partial charge in [-0.3, -0.25) is 9.59 Å². The van der Waals surface area contributed by atoms with Gasteiger partial charge in [0.1, 0.15) is 5.75 Å². The van der Waals surface area contributed by atoms with E-state index in [0.717, 1.165) is 16.9 Å². The van der Waals surface area contributed by atoms with Gasteiger partial charge in [0.05, 0.1) is 18.9 Å². The monoisotopic (exact) mass is 448 g/mol. The van der Waals surface area contributed by atoms with E-state index in [1.807, 2.05) is 29.2 Å². The van der Waals surface area contributed by atoms with E-state index >= 15 is 0 Å². The first-order valence-electron chi connectivity index (χ1n) is 10.8. The molecule has 0 radical (unpaired) electrons. The van der Waals surface area contributed by atoms with Crippen molar-refractivity contribution < 1.29 is 14.3 Å². The van der Waals surface area contributed by atoms with Gasteiger partial charge < -0.3 is 15.0 Å². The Hall–Kier alpha value is -3.12. The average molecular weight is 449 g/mol. The number of nitrogens with one attached hydrogen (secondary N) is 1. The van der Waals surface area contributed by atoms with E-state index in [4.69, 9.17) is 4.74 Å². The molecule has 2 amide bonds. The number of carbonyl (C=O) groups excluding carboxylic acids is 2. The number of benzene rings is 2. The molecule has 1 aromatic heterocycles. The molecule has 0 saturated carbocycles. The minimum absolute atomic E-state index is 0.00362. The summed E-state index contributed by atoms with van der Waals surface area (Å²) in [4.78, 5) is 27.8. The molecule has 2 aromatic carbocycles. The molecule has 1 unspecified atom stereocenters. The van der Waals surface area contributed by atoms with E-state index in [0.29, 0.717) is 32.4 Å². The van der Waals surface area contributed by atoms with Gasteiger partial charge in [0, 0.05) is 20.1 Å². The van der Waals surface area contributed by atoms with Crippen LogP contribution in [0, 0.1) is 5.41 Å². The summed E-state index contributed by atoms with van der Waals surface area (Å²) in [6.07, 6.45) is 1.57. The average Bonchev–Trinajstić information content (AvgIpc) is 3.50. The molecule has 1 aliphatic rings. The van der Waals surface area contributed by atoms with Crippen LogP contribution in [0.1, 0.15) is 17.5 Å². The highest BCUT2D eigenvalue weighted by Crippen LogP contribution is 2.35. The Kier molecular flexibility index (Phi) is 6.61. The lowest BCUT2D eigenvalue weighted by molar-refractivity contribution is -0.132. The Morgan fingerprint density at radius 2 is 1.91 bits per heavy atom. The topological polar surface area (TPSA) is 58.6 Å². The highest BCUT2D eigenvalue weighted by Gasteiger charge is 2.45. The molecule has 1 saturated heterocycles. The maximum atomic E-state index is 13.0. The molecule has 5 nitrogen and oxygen atoms in total. The molecule has 4 rings (SSSR count). The first kappa shape index (κ1) is 22.1. The van der Waals surface area contributed by atoms with Gasteiger partial charge >= 0.3 is 0 Å². The predicted octanol–water partition coefficient (Wildman–Crippen LogP) is 4.17. The second-order valence-electron chi connectivity index (χ2n) is 8.34. The summed E-state index contributed by atoms with van der Waals surface area (Å²) in [5, 5.41) is 7.03. The van der Waals surface area contributed by atoms with Gasteiger partial charge in [0.15, 0.2) is 0 Å². The number of ether oxygens (including phenoxy) is 1. The van der Waals surface area contributed by atoms with E-state index in [2.05, 4.69) is 46.4 Å². The Balaban J connectivity index is 1.47. The number of likely N-dealkylation sites (tertiary alicyclic amines) is 1. The van der Waals surface area contributed by atoms with Crippen LogP contribution in [0.25, 0.3) is 11.1 Å². The minimum Gasteiger partial charge on any atom is -0.497 e. The highest BCUT2D eigenvalue weighted by molar-refractivity contribution is 7.08. The Labute approximate surface area is 193 Å². The van der Waals surface area contributed by atoms with Gasteiger partial charge in [0.2, 0.25) is 11.8 Å². The van der Waals surface area contributed by atoms with E-state index < -0.39 is 5.41 Å². The smallest absolute Gasteiger partial charge is 0.228 e. The van der Waals surface area contributed by atoms with E-state index in [1.165, 1.54) is 11.1 Å². The Morgan fingerprint density at radius 3 is 2.59 bits per heavy atom. The standard InChI is InChI=1S/C26H28N2O3S/c1-27-25(30)26(16-19-6-8-21(9-7-19)22-10-13-32-17-22)11-12-28(18-26)24(29)15-20-4-3-5-23(14-20)31-2/h3-10,13-14,17H,11-12,15-16,18H2,1-2H3,(H,27,30). The van der Waals surface area contributed by atoms with Crippen LogP contribution in [-0.4, -0.2) is 44.0 Å². The summed E-state index contributed by atoms with van der Waals surface area (Å²) in [5.74, 6) is 0.773. The number of thiophene rings is 1. The summed E-state index contributed by atoms with van der Waals surface area (Å²) in [5.41, 5.74) is 3.79. The van der Waals surface area contributed by atoms with Gasteiger partial charge in [-0.15, -0.1) is 0 Å². The Bertz CT molecular complexity index is 1080. The summed E-state index contributed by atoms with van der Waals surface area (Å²) in [6, 6.07) is 18.1. The van der Waals surface area contributed by atoms with Gasteiger partial charge in [-0.25, -0.2) is 0 Å². The number of methoxy groups -OCH3 is 1. The molecular weight excluding hydrogens is 420 g/mol. The summed E-state index contributed by atoms with van der Waals surface area (Å²) >= 11 is 1.68. The molecule has 0 aliphatic carbocycles. The Morgan fingerprint density at radius 1 is 1.09 bits per heavy atom. The maximum absolute atomic E-state index is 13.0. The molecule has 0 spiro atoms. The van der Waals surface area contributed by atoms with Gasteiger partial charge in [-0.05, 0) is 64.1 Å². The lowest BCUT2D eigenvalue weighted by atomic mass is 9.79. The second-order valence-corrected chi connectivity index (χ2v) is 9.12. The van der Waals surface area contributed by atoms with Crippen molar-refractivity contribution >= 4 is 23.2 Å². The highest BCUT2D eigenvalue weighted by atomic mass is 32.1. The third-order valence-corrected chi connectivity index (χ3v) is 6.94. The minimum atomic E-state index is -0.608. The zero-order valence-electron chi connectivity index (χ0n) is 18.5. The fraction of sp³-hybridized carbons (Fsp3) is 0.308. The third kappa shape index (κ3) is 4.70. The van der Waals surface area contributed by atoms with Crippen molar-refractivity contribution in [3.8, 4) is 16.9 Å². The normalized spacial score (nSPS) is 17.9. The SMILES string of the molecule is CNC(=O)C1(Cc2ccc(-c3ccsc3)cc2)CCN(C(=O)Cc2cccc(OC)c2)C1. The largest absolute Gasteiger partial charge is 0.497 e. The van der Waals surface area contributed by atoms with Crippen LogP contribution in [-0.2, 0) is 22.4 Å². The van der Waals surface area contributed by atoms with Crippen molar-refractivity contribution in [2.75, 3.05) is 27.2 Å². The number of carbonyl (C=O) groups is 2. The second kappa shape index (κ2) is 9.57. The fourth-order valence-electron chi connectivity index (χ4n) is 4.46. The lowest BCUT2D eigenvalue weighted by Crippen LogP contribution is -2.44. The van der Waals surface area contributed by atoms with Crippen LogP contribution in [0.5, 0.6) is 5.75 Å². The van der Waals surface area contributed by atoms with Crippen molar-refractivity contribution in [1.29, 1.82) is 0 Å². The van der Waals surface area contributed by atoms with Crippen LogP contribution in [0.3, 0.4) is 0 Å². The number of rotatable bonds is 7. The van der Waals surface area contributed by atoms with Gasteiger partial charge in [-0.1, -0.05) is 36.4 Å². The lowest BCUT2D eigenvalue weighted by Gasteiger charge is -2.28. The zero-order chi connectivity index (χ0) is 22.6. The van der Waals surface area contributed by atoms with Crippen molar-refractivity contribution in [1.82, 2.24) is 10.2 Å². The number of nitrogens with zero attached hydrogens (tertiary/aromatic N) is 1. The molecule has 3 aromatic rings. The first-order valence-corrected chi connectivity index (χ1v) is 11.7. The van der Waals surface area contributed by atoms with Gasteiger partial charge in [-0.2, -0.15) is 11.3 Å². The molecule has 2 heterocycles. The third-order valence-electron chi connectivity index (χ3n) is 6.26. The van der Waals surface area contributed by atoms with Crippen LogP contribution in [0.2, 0.25) is 0 Å². The van der Waals surface area contributed by atoms with Crippen molar-refractivity contribution in [3.63, 3.8) is 0 Å². The zero-order valence-corrected chi connectivity index (χ0v) is 19.3. The van der Waals surface area contributed by atoms with Crippen LogP contribution >= 0.6 is 11.3 Å². The van der Waals surface area contributed by atoms with E-state index in [9.17, 15) is 9.59 Å². The quantitative estimate of drug-likeness (QED) is 0.590. The van der Waals surface area contributed by atoms with Crippen LogP contribution in [0.4, 0.5) is 0 Å². The molecular formula is C26H28N2O3S. The van der Waals surface area contributed by atoms with Gasteiger partial charge in [0.25, 0.3) is 0 Å². The van der Waals surface area contributed by atoms with Crippen LogP contribution < -0.4 is 10.1 Å². The number of hydrogen-bond acceptors (Lipinski definition) is 4. The van der Waals surface area contributed by atoms with Crippen molar-refractivity contribution in [3.05, 3.63) is 76.5 Å². The summed E-state index contributed by atoms with van der Waals surface area (Å²) < 4.78 is 5.26.